The van der Waals surface area contributed by atoms with Crippen LogP contribution in [0.5, 0.6) is 0 Å². The smallest absolute Gasteiger partial charge is 0.220 e. The molecule has 1 saturated heterocycles. The van der Waals surface area contributed by atoms with Gasteiger partial charge in [-0.3, -0.25) is 4.79 Å². The SMILES string of the molecule is CCCCCCCCCCCCCCCCCCCCCCCCCCCCC(=O)N[C@@H](CO[C@@H]1O[C@H](CO)[C@H](O)C(O)C1O)[C@H](O)[C@H](O)CCCCCCCCCCCCCCCCCC. The van der Waals surface area contributed by atoms with Gasteiger partial charge >= 0.3 is 0 Å². The van der Waals surface area contributed by atoms with Crippen LogP contribution in [0.4, 0.5) is 0 Å². The fraction of sp³-hybridized carbons (Fsp3) is 0.982. The molecule has 2 unspecified atom stereocenters. The summed E-state index contributed by atoms with van der Waals surface area (Å²) in [5.41, 5.74) is 0. The maximum Gasteiger partial charge on any atom is 0.220 e. The molecule has 0 aromatic rings. The van der Waals surface area contributed by atoms with Gasteiger partial charge in [-0.1, -0.05) is 277 Å². The molecule has 0 bridgehead atoms. The minimum absolute atomic E-state index is 0.250. The molecule has 1 amide bonds. The summed E-state index contributed by atoms with van der Waals surface area (Å²) < 4.78 is 11.2. The summed E-state index contributed by atoms with van der Waals surface area (Å²) in [5, 5.41) is 65.6. The van der Waals surface area contributed by atoms with Crippen molar-refractivity contribution in [3.63, 3.8) is 0 Å². The first-order valence-electron chi connectivity index (χ1n) is 29.3. The lowest BCUT2D eigenvalue weighted by Gasteiger charge is -2.40. The van der Waals surface area contributed by atoms with Gasteiger partial charge in [0.2, 0.25) is 5.91 Å². The van der Waals surface area contributed by atoms with E-state index in [2.05, 4.69) is 19.2 Å². The Labute approximate surface area is 413 Å². The molecule has 1 rings (SSSR count). The molecule has 1 heterocycles. The fourth-order valence-electron chi connectivity index (χ4n) is 9.85. The van der Waals surface area contributed by atoms with Crippen molar-refractivity contribution in [3.8, 4) is 0 Å². The first-order valence-corrected chi connectivity index (χ1v) is 29.3. The third-order valence-corrected chi connectivity index (χ3v) is 14.6. The highest BCUT2D eigenvalue weighted by molar-refractivity contribution is 5.76. The number of amides is 1. The number of aliphatic hydroxyl groups excluding tert-OH is 6. The van der Waals surface area contributed by atoms with Gasteiger partial charge in [-0.15, -0.1) is 0 Å². The van der Waals surface area contributed by atoms with Gasteiger partial charge in [0.05, 0.1) is 25.4 Å². The van der Waals surface area contributed by atoms with Gasteiger partial charge in [0, 0.05) is 6.42 Å². The minimum Gasteiger partial charge on any atom is -0.394 e. The van der Waals surface area contributed by atoms with Gasteiger partial charge in [-0.2, -0.15) is 0 Å². The molecule has 0 aliphatic carbocycles. The number of rotatable bonds is 51. The first-order chi connectivity index (χ1) is 32.8. The van der Waals surface area contributed by atoms with E-state index in [1.807, 2.05) is 0 Å². The van der Waals surface area contributed by atoms with E-state index in [9.17, 15) is 35.4 Å². The Balaban J connectivity index is 2.21. The van der Waals surface area contributed by atoms with E-state index in [4.69, 9.17) is 9.47 Å². The third-order valence-electron chi connectivity index (χ3n) is 14.6. The maximum atomic E-state index is 13.1. The number of carbonyl (C=O) groups excluding carboxylic acids is 1. The largest absolute Gasteiger partial charge is 0.394 e. The number of hydrogen-bond acceptors (Lipinski definition) is 9. The van der Waals surface area contributed by atoms with Gasteiger partial charge < -0.3 is 45.4 Å². The highest BCUT2D eigenvalue weighted by atomic mass is 16.7. The number of hydrogen-bond donors (Lipinski definition) is 7. The molecule has 1 fully saturated rings. The van der Waals surface area contributed by atoms with E-state index in [0.717, 1.165) is 38.5 Å². The second-order valence-electron chi connectivity index (χ2n) is 20.9. The topological polar surface area (TPSA) is 169 Å². The monoisotopic (exact) mass is 956 g/mol. The normalized spacial score (nSPS) is 20.0. The number of carbonyl (C=O) groups is 1. The molecule has 0 spiro atoms. The number of nitrogens with one attached hydrogen (secondary N) is 1. The number of unbranched alkanes of at least 4 members (excludes halogenated alkanes) is 40. The van der Waals surface area contributed by atoms with Gasteiger partial charge in [0.25, 0.3) is 0 Å². The van der Waals surface area contributed by atoms with Crippen LogP contribution in [0.3, 0.4) is 0 Å². The van der Waals surface area contributed by atoms with Crippen LogP contribution in [0.2, 0.25) is 0 Å². The van der Waals surface area contributed by atoms with Crippen LogP contribution in [0.1, 0.15) is 296 Å². The molecule has 0 aromatic carbocycles. The van der Waals surface area contributed by atoms with Crippen molar-refractivity contribution in [2.75, 3.05) is 13.2 Å². The molecule has 400 valence electrons. The predicted molar refractivity (Wildman–Crippen MR) is 278 cm³/mol. The van der Waals surface area contributed by atoms with E-state index >= 15 is 0 Å². The standard InChI is InChI=1S/C57H113NO9/c1-3-5-7-9-11-13-15-17-19-21-22-23-24-25-26-27-28-29-30-32-34-36-38-40-42-44-46-52(61)58-49(48-66-57-56(65)55(64)54(63)51(47-59)67-57)53(62)50(60)45-43-41-39-37-35-33-31-20-18-16-14-12-10-8-6-4-2/h49-51,53-57,59-60,62-65H,3-48H2,1-2H3,(H,58,61)/t49-,50+,51+,53-,54-,55?,56?,57+/m0/s1. The van der Waals surface area contributed by atoms with Gasteiger partial charge in [-0.05, 0) is 12.8 Å². The summed E-state index contributed by atoms with van der Waals surface area (Å²) >= 11 is 0. The minimum atomic E-state index is -1.60. The fourth-order valence-corrected chi connectivity index (χ4v) is 9.85. The summed E-state index contributed by atoms with van der Waals surface area (Å²) in [5.74, 6) is -0.250. The third kappa shape index (κ3) is 36.7. The molecule has 10 nitrogen and oxygen atoms in total. The molecule has 0 saturated carbocycles. The lowest BCUT2D eigenvalue weighted by atomic mass is 9.98. The van der Waals surface area contributed by atoms with Crippen molar-refractivity contribution in [2.24, 2.45) is 0 Å². The van der Waals surface area contributed by atoms with Crippen LogP contribution in [0.25, 0.3) is 0 Å². The van der Waals surface area contributed by atoms with Crippen molar-refractivity contribution >= 4 is 5.91 Å². The lowest BCUT2D eigenvalue weighted by Crippen LogP contribution is -2.60. The molecule has 0 radical (unpaired) electrons. The second-order valence-corrected chi connectivity index (χ2v) is 20.9. The Hall–Kier alpha value is -0.850. The molecule has 1 aliphatic heterocycles. The van der Waals surface area contributed by atoms with E-state index < -0.39 is 55.6 Å². The Morgan fingerprint density at radius 2 is 0.776 bits per heavy atom. The van der Waals surface area contributed by atoms with Crippen molar-refractivity contribution in [1.82, 2.24) is 5.32 Å². The maximum absolute atomic E-state index is 13.1. The Bertz CT molecular complexity index is 1040. The Morgan fingerprint density at radius 3 is 1.10 bits per heavy atom. The highest BCUT2D eigenvalue weighted by Crippen LogP contribution is 2.24. The molecule has 7 N–H and O–H groups in total. The summed E-state index contributed by atoms with van der Waals surface area (Å²) in [7, 11) is 0. The van der Waals surface area contributed by atoms with E-state index in [1.165, 1.54) is 231 Å². The highest BCUT2D eigenvalue weighted by Gasteiger charge is 2.44. The predicted octanol–water partition coefficient (Wildman–Crippen LogP) is 13.2. The molecular weight excluding hydrogens is 843 g/mol. The van der Waals surface area contributed by atoms with Crippen LogP contribution in [0, 0.1) is 0 Å². The van der Waals surface area contributed by atoms with Gasteiger partial charge in [-0.25, -0.2) is 0 Å². The van der Waals surface area contributed by atoms with Crippen LogP contribution in [-0.4, -0.2) is 98.7 Å². The van der Waals surface area contributed by atoms with Crippen molar-refractivity contribution in [3.05, 3.63) is 0 Å². The van der Waals surface area contributed by atoms with Crippen molar-refractivity contribution in [2.45, 2.75) is 345 Å². The average molecular weight is 957 g/mol. The summed E-state index contributed by atoms with van der Waals surface area (Å²) in [6, 6.07) is -0.986. The summed E-state index contributed by atoms with van der Waals surface area (Å²) in [6.45, 7) is 3.66. The van der Waals surface area contributed by atoms with Crippen LogP contribution in [-0.2, 0) is 14.3 Å². The van der Waals surface area contributed by atoms with Crippen LogP contribution >= 0.6 is 0 Å². The Kier molecular flexibility index (Phi) is 45.5. The molecule has 1 aliphatic rings. The molecule has 0 aromatic heterocycles. The average Bonchev–Trinajstić information content (AvgIpc) is 3.33. The molecule has 10 heteroatoms. The van der Waals surface area contributed by atoms with Crippen LogP contribution in [0.15, 0.2) is 0 Å². The number of ether oxygens (including phenoxy) is 2. The van der Waals surface area contributed by atoms with Crippen molar-refractivity contribution in [1.29, 1.82) is 0 Å². The van der Waals surface area contributed by atoms with E-state index in [1.54, 1.807) is 0 Å². The van der Waals surface area contributed by atoms with Gasteiger partial charge in [0.15, 0.2) is 6.29 Å². The zero-order valence-corrected chi connectivity index (χ0v) is 44.1. The van der Waals surface area contributed by atoms with E-state index in [0.29, 0.717) is 6.42 Å². The van der Waals surface area contributed by atoms with E-state index in [-0.39, 0.29) is 18.9 Å². The van der Waals surface area contributed by atoms with Crippen LogP contribution < -0.4 is 5.32 Å². The first kappa shape index (κ1) is 64.2. The Morgan fingerprint density at radius 1 is 0.463 bits per heavy atom. The molecule has 8 atom stereocenters. The summed E-state index contributed by atoms with van der Waals surface area (Å²) in [6.07, 6.45) is 45.5. The lowest BCUT2D eigenvalue weighted by molar-refractivity contribution is -0.303. The molecule has 67 heavy (non-hydrogen) atoms. The second kappa shape index (κ2) is 47.5. The quantitative estimate of drug-likeness (QED) is 0.0293. The zero-order valence-electron chi connectivity index (χ0n) is 44.1. The van der Waals surface area contributed by atoms with Crippen molar-refractivity contribution < 1.29 is 44.9 Å². The number of aliphatic hydroxyl groups is 6. The van der Waals surface area contributed by atoms with Gasteiger partial charge in [0.1, 0.15) is 30.5 Å². The molecular formula is C57H113NO9. The summed E-state index contributed by atoms with van der Waals surface area (Å²) in [4.78, 5) is 13.1. The zero-order chi connectivity index (χ0) is 48.8.